The fourth-order valence-corrected chi connectivity index (χ4v) is 1.25. The average Bonchev–Trinajstić information content (AvgIpc) is 1.49. The Bertz CT molecular complexity index is 140. The van der Waals surface area contributed by atoms with Gasteiger partial charge in [-0.3, -0.25) is 4.79 Å². The Hall–Kier alpha value is -0.370. The standard InChI is InChI=1S/C11H22O.H2O/c1-10(2,3)7-9(12)8-11(4,5)6;/h7-8H2,1-6H3;1H2. The van der Waals surface area contributed by atoms with Gasteiger partial charge in [-0.05, 0) is 10.8 Å². The van der Waals surface area contributed by atoms with Crippen molar-refractivity contribution in [3.05, 3.63) is 0 Å². The number of rotatable bonds is 2. The van der Waals surface area contributed by atoms with Gasteiger partial charge in [-0.1, -0.05) is 41.5 Å². The lowest BCUT2D eigenvalue weighted by Gasteiger charge is -2.21. The van der Waals surface area contributed by atoms with Crippen LogP contribution in [0.15, 0.2) is 0 Å². The number of carbonyl (C=O) groups is 1. The zero-order valence-corrected chi connectivity index (χ0v) is 9.82. The highest BCUT2D eigenvalue weighted by molar-refractivity contribution is 5.79. The molecule has 0 saturated heterocycles. The number of hydrogen-bond donors (Lipinski definition) is 0. The first-order valence-electron chi connectivity index (χ1n) is 4.62. The third-order valence-corrected chi connectivity index (χ3v) is 1.45. The van der Waals surface area contributed by atoms with Crippen LogP contribution in [0, 0.1) is 10.8 Å². The Labute approximate surface area is 82.0 Å². The normalized spacial score (nSPS) is 12.2. The van der Waals surface area contributed by atoms with Crippen molar-refractivity contribution in [1.82, 2.24) is 0 Å². The van der Waals surface area contributed by atoms with E-state index in [1.165, 1.54) is 0 Å². The van der Waals surface area contributed by atoms with E-state index in [4.69, 9.17) is 0 Å². The fraction of sp³-hybridized carbons (Fsp3) is 0.909. The predicted octanol–water partition coefficient (Wildman–Crippen LogP) is 2.60. The van der Waals surface area contributed by atoms with Crippen LogP contribution in [0.4, 0.5) is 0 Å². The number of ketones is 1. The van der Waals surface area contributed by atoms with Crippen molar-refractivity contribution in [1.29, 1.82) is 0 Å². The minimum Gasteiger partial charge on any atom is -0.412 e. The maximum atomic E-state index is 11.5. The van der Waals surface area contributed by atoms with E-state index in [2.05, 4.69) is 41.5 Å². The van der Waals surface area contributed by atoms with Crippen LogP contribution in [0.25, 0.3) is 0 Å². The molecule has 0 radical (unpaired) electrons. The maximum Gasteiger partial charge on any atom is 0.133 e. The predicted molar refractivity (Wildman–Crippen MR) is 56.8 cm³/mol. The van der Waals surface area contributed by atoms with Gasteiger partial charge in [-0.25, -0.2) is 0 Å². The molecule has 0 aromatic rings. The first-order valence-corrected chi connectivity index (χ1v) is 4.62. The highest BCUT2D eigenvalue weighted by Gasteiger charge is 2.20. The summed E-state index contributed by atoms with van der Waals surface area (Å²) in [6, 6.07) is 0. The van der Waals surface area contributed by atoms with Gasteiger partial charge in [-0.2, -0.15) is 0 Å². The van der Waals surface area contributed by atoms with Crippen LogP contribution >= 0.6 is 0 Å². The largest absolute Gasteiger partial charge is 0.412 e. The molecular formula is C11H24O2. The highest BCUT2D eigenvalue weighted by atomic mass is 16.1. The van der Waals surface area contributed by atoms with Gasteiger partial charge in [0, 0.05) is 12.8 Å². The van der Waals surface area contributed by atoms with E-state index < -0.39 is 0 Å². The summed E-state index contributed by atoms with van der Waals surface area (Å²) in [4.78, 5) is 11.5. The molecule has 13 heavy (non-hydrogen) atoms. The summed E-state index contributed by atoms with van der Waals surface area (Å²) in [5.41, 5.74) is 0.282. The minimum atomic E-state index is 0. The van der Waals surface area contributed by atoms with Gasteiger partial charge in [0.15, 0.2) is 0 Å². The van der Waals surface area contributed by atoms with Gasteiger partial charge in [0.05, 0.1) is 0 Å². The van der Waals surface area contributed by atoms with Crippen LogP contribution in [0.3, 0.4) is 0 Å². The second kappa shape index (κ2) is 4.75. The van der Waals surface area contributed by atoms with E-state index >= 15 is 0 Å². The van der Waals surface area contributed by atoms with Crippen molar-refractivity contribution in [2.45, 2.75) is 54.4 Å². The first-order chi connectivity index (χ1) is 5.10. The Balaban J connectivity index is 0. The second-order valence-corrected chi connectivity index (χ2v) is 6.01. The van der Waals surface area contributed by atoms with E-state index in [9.17, 15) is 4.79 Å². The zero-order valence-electron chi connectivity index (χ0n) is 9.82. The summed E-state index contributed by atoms with van der Waals surface area (Å²) in [5.74, 6) is 0.384. The SMILES string of the molecule is CC(C)(C)CC(=O)CC(C)(C)C.O. The summed E-state index contributed by atoms with van der Waals surface area (Å²) in [6.07, 6.45) is 1.40. The maximum absolute atomic E-state index is 11.5. The lowest BCUT2D eigenvalue weighted by molar-refractivity contribution is -0.122. The molecule has 0 aliphatic carbocycles. The van der Waals surface area contributed by atoms with Crippen molar-refractivity contribution in [3.8, 4) is 0 Å². The van der Waals surface area contributed by atoms with Crippen LogP contribution in [-0.2, 0) is 4.79 Å². The molecular weight excluding hydrogens is 164 g/mol. The van der Waals surface area contributed by atoms with E-state index in [0.717, 1.165) is 0 Å². The molecule has 0 saturated carbocycles. The van der Waals surface area contributed by atoms with Gasteiger partial charge in [-0.15, -0.1) is 0 Å². The molecule has 0 atom stereocenters. The van der Waals surface area contributed by atoms with Crippen LogP contribution in [0.5, 0.6) is 0 Å². The Kier molecular flexibility index (Phi) is 5.53. The van der Waals surface area contributed by atoms with Crippen LogP contribution in [0.1, 0.15) is 54.4 Å². The van der Waals surface area contributed by atoms with Crippen molar-refractivity contribution in [2.75, 3.05) is 0 Å². The van der Waals surface area contributed by atoms with Gasteiger partial charge < -0.3 is 5.48 Å². The van der Waals surface area contributed by atoms with Crippen LogP contribution in [0.2, 0.25) is 0 Å². The first kappa shape index (κ1) is 15.1. The van der Waals surface area contributed by atoms with Crippen molar-refractivity contribution < 1.29 is 10.3 Å². The molecule has 0 heterocycles. The van der Waals surface area contributed by atoms with Crippen molar-refractivity contribution >= 4 is 5.78 Å². The van der Waals surface area contributed by atoms with E-state index in [0.29, 0.717) is 18.6 Å². The molecule has 0 aromatic heterocycles. The molecule has 0 aromatic carbocycles. The molecule has 0 amide bonds. The third kappa shape index (κ3) is 11.6. The van der Waals surface area contributed by atoms with Gasteiger partial charge in [0.25, 0.3) is 0 Å². The van der Waals surface area contributed by atoms with Gasteiger partial charge >= 0.3 is 0 Å². The number of carbonyl (C=O) groups excluding carboxylic acids is 1. The van der Waals surface area contributed by atoms with E-state index in [-0.39, 0.29) is 16.3 Å². The van der Waals surface area contributed by atoms with Gasteiger partial charge in [0.1, 0.15) is 5.78 Å². The van der Waals surface area contributed by atoms with E-state index in [1.54, 1.807) is 0 Å². The van der Waals surface area contributed by atoms with Crippen molar-refractivity contribution in [3.63, 3.8) is 0 Å². The van der Waals surface area contributed by atoms with Crippen molar-refractivity contribution in [2.24, 2.45) is 10.8 Å². The highest BCUT2D eigenvalue weighted by Crippen LogP contribution is 2.25. The molecule has 0 aliphatic heterocycles. The molecule has 2 N–H and O–H groups in total. The molecule has 0 bridgehead atoms. The van der Waals surface area contributed by atoms with Crippen LogP contribution in [-0.4, -0.2) is 11.3 Å². The molecule has 0 unspecified atom stereocenters. The Morgan fingerprint density at radius 3 is 1.23 bits per heavy atom. The molecule has 0 fully saturated rings. The van der Waals surface area contributed by atoms with Gasteiger partial charge in [0.2, 0.25) is 0 Å². The third-order valence-electron chi connectivity index (χ3n) is 1.45. The van der Waals surface area contributed by atoms with E-state index in [1.807, 2.05) is 0 Å². The summed E-state index contributed by atoms with van der Waals surface area (Å²) >= 11 is 0. The fourth-order valence-electron chi connectivity index (χ4n) is 1.25. The number of hydrogen-bond acceptors (Lipinski definition) is 1. The number of Topliss-reactive ketones (excluding diaryl/α,β-unsaturated/α-hetero) is 1. The summed E-state index contributed by atoms with van der Waals surface area (Å²) < 4.78 is 0. The minimum absolute atomic E-state index is 0. The molecule has 2 nitrogen and oxygen atoms in total. The summed E-state index contributed by atoms with van der Waals surface area (Å²) in [5, 5.41) is 0. The lowest BCUT2D eigenvalue weighted by atomic mass is 9.83. The lowest BCUT2D eigenvalue weighted by Crippen LogP contribution is -2.18. The smallest absolute Gasteiger partial charge is 0.133 e. The van der Waals surface area contributed by atoms with Crippen LogP contribution < -0.4 is 0 Å². The molecule has 2 heteroatoms. The Morgan fingerprint density at radius 2 is 1.08 bits per heavy atom. The Morgan fingerprint density at radius 1 is 0.846 bits per heavy atom. The molecule has 0 aliphatic rings. The molecule has 0 rings (SSSR count). The quantitative estimate of drug-likeness (QED) is 0.657. The summed E-state index contributed by atoms with van der Waals surface area (Å²) in [6.45, 7) is 12.6. The molecule has 0 spiro atoms. The zero-order chi connectivity index (χ0) is 9.99. The second-order valence-electron chi connectivity index (χ2n) is 6.01. The summed E-state index contributed by atoms with van der Waals surface area (Å²) in [7, 11) is 0. The topological polar surface area (TPSA) is 48.6 Å². The average molecular weight is 188 g/mol. The molecule has 80 valence electrons. The monoisotopic (exact) mass is 188 g/mol.